The average molecular weight is 213 g/mol. The van der Waals surface area contributed by atoms with Crippen LogP contribution >= 0.6 is 0 Å². The first-order valence-electron chi connectivity index (χ1n) is 4.88. The van der Waals surface area contributed by atoms with Crippen LogP contribution in [0.5, 0.6) is 0 Å². The van der Waals surface area contributed by atoms with Gasteiger partial charge in [-0.25, -0.2) is 0 Å². The van der Waals surface area contributed by atoms with Gasteiger partial charge in [-0.2, -0.15) is 0 Å². The van der Waals surface area contributed by atoms with Crippen molar-refractivity contribution in [2.45, 2.75) is 13.3 Å². The van der Waals surface area contributed by atoms with Gasteiger partial charge in [0, 0.05) is 33.0 Å². The third-order valence-corrected chi connectivity index (χ3v) is 2.10. The number of amides is 3. The minimum atomic E-state index is -0.154. The van der Waals surface area contributed by atoms with Crippen molar-refractivity contribution >= 4 is 17.7 Å². The van der Waals surface area contributed by atoms with E-state index in [9.17, 15) is 14.4 Å². The van der Waals surface area contributed by atoms with Gasteiger partial charge in [-0.3, -0.25) is 14.4 Å². The van der Waals surface area contributed by atoms with Crippen LogP contribution in [0.2, 0.25) is 0 Å². The molecule has 1 rings (SSSR count). The van der Waals surface area contributed by atoms with E-state index in [1.54, 1.807) is 0 Å². The summed E-state index contributed by atoms with van der Waals surface area (Å²) >= 11 is 0. The van der Waals surface area contributed by atoms with E-state index >= 15 is 0 Å². The molecule has 0 aromatic carbocycles. The zero-order valence-corrected chi connectivity index (χ0v) is 8.71. The molecule has 3 amide bonds. The Morgan fingerprint density at radius 2 is 2.27 bits per heavy atom. The summed E-state index contributed by atoms with van der Waals surface area (Å²) < 4.78 is 0. The van der Waals surface area contributed by atoms with Crippen LogP contribution in [0, 0.1) is 0 Å². The van der Waals surface area contributed by atoms with Gasteiger partial charge in [-0.15, -0.1) is 0 Å². The van der Waals surface area contributed by atoms with Gasteiger partial charge in [0.25, 0.3) is 0 Å². The molecule has 6 nitrogen and oxygen atoms in total. The fraction of sp³-hybridized carbons (Fsp3) is 0.667. The van der Waals surface area contributed by atoms with Crippen LogP contribution in [-0.2, 0) is 14.4 Å². The lowest BCUT2D eigenvalue weighted by Gasteiger charge is -2.26. The summed E-state index contributed by atoms with van der Waals surface area (Å²) in [7, 11) is 0. The molecule has 0 aliphatic carbocycles. The first-order valence-corrected chi connectivity index (χ1v) is 4.88. The van der Waals surface area contributed by atoms with Crippen LogP contribution < -0.4 is 10.6 Å². The SMILES string of the molecule is CC(=O)NCCC(=O)N1CCNC(=O)C1. The average Bonchev–Trinajstić information content (AvgIpc) is 2.17. The molecule has 0 saturated carbocycles. The van der Waals surface area contributed by atoms with E-state index in [0.29, 0.717) is 19.6 Å². The van der Waals surface area contributed by atoms with Crippen LogP contribution in [0.1, 0.15) is 13.3 Å². The molecule has 1 aliphatic rings. The maximum Gasteiger partial charge on any atom is 0.239 e. The maximum atomic E-state index is 11.5. The van der Waals surface area contributed by atoms with E-state index in [0.717, 1.165) is 0 Å². The summed E-state index contributed by atoms with van der Waals surface area (Å²) in [6.07, 6.45) is 0.243. The van der Waals surface area contributed by atoms with E-state index in [4.69, 9.17) is 0 Å². The van der Waals surface area contributed by atoms with Gasteiger partial charge >= 0.3 is 0 Å². The molecule has 0 bridgehead atoms. The number of carbonyl (C=O) groups is 3. The van der Waals surface area contributed by atoms with E-state index in [1.165, 1.54) is 11.8 Å². The molecule has 0 unspecified atom stereocenters. The van der Waals surface area contributed by atoms with Crippen molar-refractivity contribution in [3.05, 3.63) is 0 Å². The second-order valence-electron chi connectivity index (χ2n) is 3.40. The summed E-state index contributed by atoms with van der Waals surface area (Å²) in [6, 6.07) is 0. The fourth-order valence-corrected chi connectivity index (χ4v) is 1.36. The van der Waals surface area contributed by atoms with Crippen LogP contribution in [0.3, 0.4) is 0 Å². The van der Waals surface area contributed by atoms with Crippen LogP contribution in [0.25, 0.3) is 0 Å². The van der Waals surface area contributed by atoms with Gasteiger partial charge < -0.3 is 15.5 Å². The normalized spacial score (nSPS) is 15.8. The van der Waals surface area contributed by atoms with E-state index in [2.05, 4.69) is 10.6 Å². The van der Waals surface area contributed by atoms with Gasteiger partial charge in [-0.1, -0.05) is 0 Å². The lowest BCUT2D eigenvalue weighted by Crippen LogP contribution is -2.50. The highest BCUT2D eigenvalue weighted by atomic mass is 16.2. The molecular formula is C9H15N3O3. The quantitative estimate of drug-likeness (QED) is 0.597. The number of carbonyl (C=O) groups excluding carboxylic acids is 3. The van der Waals surface area contributed by atoms with Gasteiger partial charge in [0.05, 0.1) is 6.54 Å². The molecular weight excluding hydrogens is 198 g/mol. The Morgan fingerprint density at radius 3 is 2.87 bits per heavy atom. The Bertz CT molecular complexity index is 278. The molecule has 15 heavy (non-hydrogen) atoms. The zero-order chi connectivity index (χ0) is 11.3. The van der Waals surface area contributed by atoms with Gasteiger partial charge in [0.1, 0.15) is 0 Å². The molecule has 0 aromatic heterocycles. The van der Waals surface area contributed by atoms with Crippen molar-refractivity contribution in [2.75, 3.05) is 26.2 Å². The lowest BCUT2D eigenvalue weighted by atomic mass is 10.3. The minimum absolute atomic E-state index is 0.0985. The van der Waals surface area contributed by atoms with Crippen molar-refractivity contribution in [2.24, 2.45) is 0 Å². The molecule has 2 N–H and O–H groups in total. The van der Waals surface area contributed by atoms with Crippen molar-refractivity contribution in [3.8, 4) is 0 Å². The Balaban J connectivity index is 2.27. The molecule has 1 saturated heterocycles. The third kappa shape index (κ3) is 3.97. The van der Waals surface area contributed by atoms with Gasteiger partial charge in [0.2, 0.25) is 17.7 Å². The number of nitrogens with zero attached hydrogens (tertiary/aromatic N) is 1. The first kappa shape index (κ1) is 11.5. The Hall–Kier alpha value is -1.59. The molecule has 0 atom stereocenters. The van der Waals surface area contributed by atoms with Crippen molar-refractivity contribution in [3.63, 3.8) is 0 Å². The topological polar surface area (TPSA) is 78.5 Å². The highest BCUT2D eigenvalue weighted by molar-refractivity contribution is 5.86. The summed E-state index contributed by atoms with van der Waals surface area (Å²) in [4.78, 5) is 34.6. The fourth-order valence-electron chi connectivity index (χ4n) is 1.36. The van der Waals surface area contributed by atoms with Crippen molar-refractivity contribution < 1.29 is 14.4 Å². The number of piperazine rings is 1. The van der Waals surface area contributed by atoms with Crippen LogP contribution in [-0.4, -0.2) is 48.8 Å². The Morgan fingerprint density at radius 1 is 1.53 bits per heavy atom. The van der Waals surface area contributed by atoms with Gasteiger partial charge in [-0.05, 0) is 0 Å². The zero-order valence-electron chi connectivity index (χ0n) is 8.71. The largest absolute Gasteiger partial charge is 0.356 e. The highest BCUT2D eigenvalue weighted by Crippen LogP contribution is 1.96. The number of hydrogen-bond donors (Lipinski definition) is 2. The number of nitrogens with one attached hydrogen (secondary N) is 2. The second-order valence-corrected chi connectivity index (χ2v) is 3.40. The maximum absolute atomic E-state index is 11.5. The monoisotopic (exact) mass is 213 g/mol. The molecule has 84 valence electrons. The standard InChI is InChI=1S/C9H15N3O3/c1-7(13)10-3-2-9(15)12-5-4-11-8(14)6-12/h2-6H2,1H3,(H,10,13)(H,11,14). The van der Waals surface area contributed by atoms with E-state index in [-0.39, 0.29) is 30.7 Å². The predicted octanol–water partition coefficient (Wildman–Crippen LogP) is -1.53. The Kier molecular flexibility index (Phi) is 4.08. The summed E-state index contributed by atoms with van der Waals surface area (Å²) in [5.74, 6) is -0.382. The second kappa shape index (κ2) is 5.33. The summed E-state index contributed by atoms with van der Waals surface area (Å²) in [5.41, 5.74) is 0. The molecule has 1 heterocycles. The molecule has 0 aromatic rings. The summed E-state index contributed by atoms with van der Waals surface area (Å²) in [6.45, 7) is 2.90. The molecule has 1 aliphatic heterocycles. The smallest absolute Gasteiger partial charge is 0.239 e. The minimum Gasteiger partial charge on any atom is -0.356 e. The first-order chi connectivity index (χ1) is 7.09. The predicted molar refractivity (Wildman–Crippen MR) is 52.9 cm³/mol. The number of hydrogen-bond acceptors (Lipinski definition) is 3. The molecule has 1 fully saturated rings. The molecule has 6 heteroatoms. The van der Waals surface area contributed by atoms with E-state index < -0.39 is 0 Å². The van der Waals surface area contributed by atoms with Crippen LogP contribution in [0.4, 0.5) is 0 Å². The van der Waals surface area contributed by atoms with Gasteiger partial charge in [0.15, 0.2) is 0 Å². The highest BCUT2D eigenvalue weighted by Gasteiger charge is 2.20. The van der Waals surface area contributed by atoms with Crippen LogP contribution in [0.15, 0.2) is 0 Å². The molecule has 0 radical (unpaired) electrons. The van der Waals surface area contributed by atoms with Crippen molar-refractivity contribution in [1.82, 2.24) is 15.5 Å². The summed E-state index contributed by atoms with van der Waals surface area (Å²) in [5, 5.41) is 5.18. The lowest BCUT2D eigenvalue weighted by molar-refractivity contribution is -0.138. The van der Waals surface area contributed by atoms with E-state index in [1.807, 2.05) is 0 Å². The molecule has 0 spiro atoms. The van der Waals surface area contributed by atoms with Crippen molar-refractivity contribution in [1.29, 1.82) is 0 Å². The number of rotatable bonds is 3. The third-order valence-electron chi connectivity index (χ3n) is 2.10. The Labute approximate surface area is 88.0 Å².